The number of amides is 1. The summed E-state index contributed by atoms with van der Waals surface area (Å²) in [6.45, 7) is 8.92. The van der Waals surface area contributed by atoms with E-state index in [-0.39, 0.29) is 11.9 Å². The molecule has 0 saturated heterocycles. The van der Waals surface area contributed by atoms with Crippen LogP contribution < -0.4 is 16.0 Å². The number of benzene rings is 1. The molecule has 110 valence electrons. The van der Waals surface area contributed by atoms with E-state index in [4.69, 9.17) is 18.0 Å². The molecule has 0 atom stereocenters. The van der Waals surface area contributed by atoms with E-state index in [2.05, 4.69) is 5.32 Å². The molecule has 0 radical (unpaired) electrons. The first-order valence-electron chi connectivity index (χ1n) is 6.80. The van der Waals surface area contributed by atoms with Crippen molar-refractivity contribution >= 4 is 28.8 Å². The van der Waals surface area contributed by atoms with Gasteiger partial charge in [0.05, 0.1) is 12.2 Å². The average molecular weight is 293 g/mol. The standard InChI is InChI=1S/C15H23N3OS/c1-5-18(9-13(19)17-10(2)3)14-11(4)7-6-8-12(14)15(16)20/h6-8,10H,5,9H2,1-4H3,(H2,16,20)(H,17,19). The maximum Gasteiger partial charge on any atom is 0.239 e. The van der Waals surface area contributed by atoms with E-state index in [1.165, 1.54) is 0 Å². The molecule has 1 rings (SSSR count). The first-order chi connectivity index (χ1) is 9.36. The summed E-state index contributed by atoms with van der Waals surface area (Å²) in [5.41, 5.74) is 8.62. The highest BCUT2D eigenvalue weighted by Gasteiger charge is 2.17. The van der Waals surface area contributed by atoms with Crippen LogP contribution in [0.25, 0.3) is 0 Å². The third-order valence-corrected chi connectivity index (χ3v) is 3.21. The van der Waals surface area contributed by atoms with Gasteiger partial charge < -0.3 is 16.0 Å². The first kappa shape index (κ1) is 16.4. The monoisotopic (exact) mass is 293 g/mol. The Balaban J connectivity index is 3.06. The van der Waals surface area contributed by atoms with Crippen molar-refractivity contribution in [3.8, 4) is 0 Å². The Kier molecular flexibility index (Phi) is 5.95. The fourth-order valence-corrected chi connectivity index (χ4v) is 2.33. The number of nitrogens with zero attached hydrogens (tertiary/aromatic N) is 1. The topological polar surface area (TPSA) is 58.4 Å². The molecular formula is C15H23N3OS. The van der Waals surface area contributed by atoms with Crippen LogP contribution in [0.5, 0.6) is 0 Å². The van der Waals surface area contributed by atoms with Gasteiger partial charge in [0.1, 0.15) is 4.99 Å². The van der Waals surface area contributed by atoms with Crippen LogP contribution in [0.15, 0.2) is 18.2 Å². The van der Waals surface area contributed by atoms with Crippen molar-refractivity contribution in [2.45, 2.75) is 33.7 Å². The number of thiocarbonyl (C=S) groups is 1. The van der Waals surface area contributed by atoms with Crippen LogP contribution in [-0.2, 0) is 4.79 Å². The van der Waals surface area contributed by atoms with E-state index in [1.807, 2.05) is 50.8 Å². The van der Waals surface area contributed by atoms with Crippen LogP contribution in [0.4, 0.5) is 5.69 Å². The van der Waals surface area contributed by atoms with Crippen LogP contribution in [0.2, 0.25) is 0 Å². The predicted octanol–water partition coefficient (Wildman–Crippen LogP) is 1.98. The lowest BCUT2D eigenvalue weighted by Crippen LogP contribution is -2.41. The van der Waals surface area contributed by atoms with Gasteiger partial charge in [-0.3, -0.25) is 4.79 Å². The smallest absolute Gasteiger partial charge is 0.239 e. The quantitative estimate of drug-likeness (QED) is 0.788. The highest BCUT2D eigenvalue weighted by Crippen LogP contribution is 2.25. The molecule has 1 amide bonds. The number of hydrogen-bond acceptors (Lipinski definition) is 3. The van der Waals surface area contributed by atoms with Crippen molar-refractivity contribution in [3.05, 3.63) is 29.3 Å². The summed E-state index contributed by atoms with van der Waals surface area (Å²) in [6, 6.07) is 5.96. The first-order valence-corrected chi connectivity index (χ1v) is 7.21. The zero-order chi connectivity index (χ0) is 15.3. The molecule has 0 unspecified atom stereocenters. The van der Waals surface area contributed by atoms with Gasteiger partial charge in [0.25, 0.3) is 0 Å². The number of carbonyl (C=O) groups is 1. The Bertz CT molecular complexity index is 500. The minimum absolute atomic E-state index is 0.000933. The largest absolute Gasteiger partial charge is 0.389 e. The molecule has 4 nitrogen and oxygen atoms in total. The highest BCUT2D eigenvalue weighted by atomic mass is 32.1. The minimum Gasteiger partial charge on any atom is -0.389 e. The van der Waals surface area contributed by atoms with E-state index in [0.29, 0.717) is 18.1 Å². The van der Waals surface area contributed by atoms with Crippen LogP contribution in [0, 0.1) is 6.92 Å². The number of nitrogens with two attached hydrogens (primary N) is 1. The summed E-state index contributed by atoms with van der Waals surface area (Å²) in [6.07, 6.45) is 0. The summed E-state index contributed by atoms with van der Waals surface area (Å²) in [7, 11) is 0. The lowest BCUT2D eigenvalue weighted by atomic mass is 10.1. The zero-order valence-corrected chi connectivity index (χ0v) is 13.4. The number of para-hydroxylation sites is 1. The Morgan fingerprint density at radius 1 is 1.45 bits per heavy atom. The number of rotatable bonds is 6. The van der Waals surface area contributed by atoms with E-state index in [1.54, 1.807) is 0 Å². The summed E-state index contributed by atoms with van der Waals surface area (Å²) < 4.78 is 0. The molecule has 0 bridgehead atoms. The molecular weight excluding hydrogens is 270 g/mol. The Labute approximate surface area is 126 Å². The third-order valence-electron chi connectivity index (χ3n) is 2.99. The second-order valence-electron chi connectivity index (χ2n) is 5.07. The Hall–Kier alpha value is -1.62. The molecule has 0 aliphatic rings. The molecule has 0 fully saturated rings. The predicted molar refractivity (Wildman–Crippen MR) is 88.2 cm³/mol. The Morgan fingerprint density at radius 3 is 2.60 bits per heavy atom. The highest BCUT2D eigenvalue weighted by molar-refractivity contribution is 7.80. The van der Waals surface area contributed by atoms with Gasteiger partial charge in [-0.2, -0.15) is 0 Å². The SMILES string of the molecule is CCN(CC(=O)NC(C)C)c1c(C)cccc1C(N)=S. The number of carbonyl (C=O) groups excluding carboxylic acids is 1. The minimum atomic E-state index is -0.000933. The summed E-state index contributed by atoms with van der Waals surface area (Å²) in [4.78, 5) is 14.3. The lowest BCUT2D eigenvalue weighted by Gasteiger charge is -2.27. The van der Waals surface area contributed by atoms with Crippen LogP contribution in [0.1, 0.15) is 31.9 Å². The molecule has 0 aliphatic heterocycles. The second kappa shape index (κ2) is 7.24. The molecule has 0 saturated carbocycles. The lowest BCUT2D eigenvalue weighted by molar-refractivity contribution is -0.120. The van der Waals surface area contributed by atoms with E-state index < -0.39 is 0 Å². The summed E-state index contributed by atoms with van der Waals surface area (Å²) in [5, 5.41) is 2.90. The number of aryl methyl sites for hydroxylation is 1. The van der Waals surface area contributed by atoms with Gasteiger partial charge in [-0.15, -0.1) is 0 Å². The molecule has 1 aromatic carbocycles. The molecule has 1 aromatic rings. The van der Waals surface area contributed by atoms with Crippen molar-refractivity contribution in [2.75, 3.05) is 18.0 Å². The van der Waals surface area contributed by atoms with Gasteiger partial charge in [0.15, 0.2) is 0 Å². The maximum atomic E-state index is 12.0. The van der Waals surface area contributed by atoms with E-state index in [0.717, 1.165) is 16.8 Å². The average Bonchev–Trinajstić information content (AvgIpc) is 2.35. The molecule has 0 heterocycles. The molecule has 0 aromatic heterocycles. The number of likely N-dealkylation sites (N-methyl/N-ethyl adjacent to an activating group) is 1. The second-order valence-corrected chi connectivity index (χ2v) is 5.51. The molecule has 3 N–H and O–H groups in total. The van der Waals surface area contributed by atoms with Gasteiger partial charge >= 0.3 is 0 Å². The fourth-order valence-electron chi connectivity index (χ4n) is 2.17. The normalized spacial score (nSPS) is 10.4. The van der Waals surface area contributed by atoms with Gasteiger partial charge in [0, 0.05) is 18.2 Å². The van der Waals surface area contributed by atoms with Crippen molar-refractivity contribution < 1.29 is 4.79 Å². The number of anilines is 1. The maximum absolute atomic E-state index is 12.0. The Morgan fingerprint density at radius 2 is 2.10 bits per heavy atom. The molecule has 0 aliphatic carbocycles. The van der Waals surface area contributed by atoms with Crippen molar-refractivity contribution in [2.24, 2.45) is 5.73 Å². The van der Waals surface area contributed by atoms with Crippen molar-refractivity contribution in [3.63, 3.8) is 0 Å². The summed E-state index contributed by atoms with van der Waals surface area (Å²) >= 11 is 5.11. The van der Waals surface area contributed by atoms with Crippen molar-refractivity contribution in [1.82, 2.24) is 5.32 Å². The fraction of sp³-hybridized carbons (Fsp3) is 0.467. The van der Waals surface area contributed by atoms with Gasteiger partial charge in [-0.1, -0.05) is 24.4 Å². The third kappa shape index (κ3) is 4.20. The molecule has 0 spiro atoms. The number of hydrogen-bond donors (Lipinski definition) is 2. The van der Waals surface area contributed by atoms with Gasteiger partial charge in [0.2, 0.25) is 5.91 Å². The van der Waals surface area contributed by atoms with Crippen LogP contribution >= 0.6 is 12.2 Å². The number of nitrogens with one attached hydrogen (secondary N) is 1. The van der Waals surface area contributed by atoms with E-state index >= 15 is 0 Å². The van der Waals surface area contributed by atoms with Gasteiger partial charge in [-0.05, 0) is 39.3 Å². The molecule has 5 heteroatoms. The van der Waals surface area contributed by atoms with Gasteiger partial charge in [-0.25, -0.2) is 0 Å². The van der Waals surface area contributed by atoms with Crippen LogP contribution in [0.3, 0.4) is 0 Å². The molecule has 20 heavy (non-hydrogen) atoms. The van der Waals surface area contributed by atoms with Crippen molar-refractivity contribution in [1.29, 1.82) is 0 Å². The van der Waals surface area contributed by atoms with E-state index in [9.17, 15) is 4.79 Å². The summed E-state index contributed by atoms with van der Waals surface area (Å²) in [5.74, 6) is -0.000933. The van der Waals surface area contributed by atoms with Crippen LogP contribution in [-0.4, -0.2) is 30.0 Å². The zero-order valence-electron chi connectivity index (χ0n) is 12.6.